The van der Waals surface area contributed by atoms with Gasteiger partial charge in [0.1, 0.15) is 5.92 Å². The van der Waals surface area contributed by atoms with Gasteiger partial charge in [-0.2, -0.15) is 10.4 Å². The van der Waals surface area contributed by atoms with Gasteiger partial charge in [0, 0.05) is 28.6 Å². The van der Waals surface area contributed by atoms with Gasteiger partial charge >= 0.3 is 0 Å². The molecule has 24 heavy (non-hydrogen) atoms. The average molecular weight is 363 g/mol. The van der Waals surface area contributed by atoms with Crippen LogP contribution in [0.3, 0.4) is 0 Å². The van der Waals surface area contributed by atoms with E-state index < -0.39 is 11.8 Å². The van der Waals surface area contributed by atoms with E-state index in [1.165, 1.54) is 0 Å². The van der Waals surface area contributed by atoms with Crippen LogP contribution in [-0.4, -0.2) is 15.7 Å². The minimum absolute atomic E-state index is 0.114. The number of fused-ring (bicyclic) bond motifs is 1. The topological polar surface area (TPSA) is 74.7 Å². The lowest BCUT2D eigenvalue weighted by Crippen LogP contribution is -2.32. The zero-order chi connectivity index (χ0) is 17.4. The summed E-state index contributed by atoms with van der Waals surface area (Å²) in [4.78, 5) is 0. The quantitative estimate of drug-likeness (QED) is 0.882. The largest absolute Gasteiger partial charge is 0.424 e. The highest BCUT2D eigenvalue weighted by Gasteiger charge is 2.42. The van der Waals surface area contributed by atoms with Crippen molar-refractivity contribution < 1.29 is 4.74 Å². The number of nitriles is 1. The number of aryl methyl sites for hydroxylation is 2. The highest BCUT2D eigenvalue weighted by molar-refractivity contribution is 6.36. The summed E-state index contributed by atoms with van der Waals surface area (Å²) in [7, 11) is 1.77. The van der Waals surface area contributed by atoms with Crippen LogP contribution in [0.1, 0.15) is 36.1 Å². The Hall–Kier alpha value is -2.03. The van der Waals surface area contributed by atoms with Crippen LogP contribution in [0.2, 0.25) is 10.0 Å². The number of ether oxygens (including phenoxy) is 1. The molecule has 0 fully saturated rings. The predicted molar refractivity (Wildman–Crippen MR) is 93.0 cm³/mol. The Labute approximate surface area is 150 Å². The minimum Gasteiger partial charge on any atom is -0.424 e. The second kappa shape index (κ2) is 6.46. The zero-order valence-electron chi connectivity index (χ0n) is 13.3. The summed E-state index contributed by atoms with van der Waals surface area (Å²) in [5.41, 5.74) is 2.30. The summed E-state index contributed by atoms with van der Waals surface area (Å²) in [6.07, 6.45) is 1.65. The van der Waals surface area contributed by atoms with Crippen LogP contribution in [0.4, 0.5) is 0 Å². The minimum atomic E-state index is -0.797. The van der Waals surface area contributed by atoms with Crippen LogP contribution in [0.5, 0.6) is 5.88 Å². The van der Waals surface area contributed by atoms with Gasteiger partial charge in [-0.1, -0.05) is 42.6 Å². The van der Waals surface area contributed by atoms with Gasteiger partial charge in [0.15, 0.2) is 0 Å². The van der Waals surface area contributed by atoms with Crippen LogP contribution < -0.4 is 4.74 Å². The first-order chi connectivity index (χ1) is 11.5. The van der Waals surface area contributed by atoms with E-state index >= 15 is 0 Å². The van der Waals surface area contributed by atoms with Gasteiger partial charge in [0.25, 0.3) is 0 Å². The maximum absolute atomic E-state index is 9.64. The summed E-state index contributed by atoms with van der Waals surface area (Å²) >= 11 is 12.8. The molecule has 0 spiro atoms. The summed E-state index contributed by atoms with van der Waals surface area (Å²) < 4.78 is 7.21. The third-order valence-corrected chi connectivity index (χ3v) is 4.84. The molecule has 5 nitrogen and oxygen atoms in total. The van der Waals surface area contributed by atoms with Gasteiger partial charge in [-0.25, -0.2) is 4.68 Å². The molecule has 1 aromatic carbocycles. The maximum Gasteiger partial charge on any atom is 0.223 e. The Bertz CT molecular complexity index is 833. The molecule has 2 aromatic rings. The maximum atomic E-state index is 9.64. The molecule has 124 valence electrons. The van der Waals surface area contributed by atoms with E-state index in [0.29, 0.717) is 21.5 Å². The van der Waals surface area contributed by atoms with Gasteiger partial charge in [-0.15, -0.1) is 0 Å². The number of benzene rings is 1. The number of hydrogen-bond acceptors (Lipinski definition) is 4. The van der Waals surface area contributed by atoms with Crippen molar-refractivity contribution in [3.05, 3.63) is 45.1 Å². The smallest absolute Gasteiger partial charge is 0.223 e. The highest BCUT2D eigenvalue weighted by Crippen LogP contribution is 2.47. The van der Waals surface area contributed by atoms with E-state index in [-0.39, 0.29) is 5.90 Å². The van der Waals surface area contributed by atoms with Crippen LogP contribution in [0.15, 0.2) is 18.2 Å². The molecule has 0 bridgehead atoms. The Balaban J connectivity index is 2.31. The van der Waals surface area contributed by atoms with E-state index in [0.717, 1.165) is 24.1 Å². The Morgan fingerprint density at radius 2 is 2.00 bits per heavy atom. The summed E-state index contributed by atoms with van der Waals surface area (Å²) in [5.74, 6) is -0.898. The number of hydrogen-bond donors (Lipinski definition) is 1. The van der Waals surface area contributed by atoms with Crippen LogP contribution in [-0.2, 0) is 13.5 Å². The Kier molecular flexibility index (Phi) is 4.53. The Morgan fingerprint density at radius 1 is 1.33 bits per heavy atom. The van der Waals surface area contributed by atoms with Gasteiger partial charge < -0.3 is 4.74 Å². The third kappa shape index (κ3) is 2.56. The number of rotatable bonds is 3. The van der Waals surface area contributed by atoms with Crippen molar-refractivity contribution in [1.29, 1.82) is 10.7 Å². The van der Waals surface area contributed by atoms with E-state index in [2.05, 4.69) is 18.1 Å². The van der Waals surface area contributed by atoms with Crippen molar-refractivity contribution >= 4 is 29.1 Å². The molecule has 1 aliphatic heterocycles. The fourth-order valence-corrected chi connectivity index (χ4v) is 3.80. The monoisotopic (exact) mass is 362 g/mol. The van der Waals surface area contributed by atoms with E-state index in [1.807, 2.05) is 0 Å². The van der Waals surface area contributed by atoms with Gasteiger partial charge in [0.05, 0.1) is 11.8 Å². The molecule has 0 aliphatic carbocycles. The van der Waals surface area contributed by atoms with Crippen LogP contribution in [0.25, 0.3) is 0 Å². The molecule has 7 heteroatoms. The van der Waals surface area contributed by atoms with Gasteiger partial charge in [-0.05, 0) is 24.1 Å². The zero-order valence-corrected chi connectivity index (χ0v) is 14.8. The first-order valence-corrected chi connectivity index (χ1v) is 8.40. The lowest BCUT2D eigenvalue weighted by Gasteiger charge is -2.30. The third-order valence-electron chi connectivity index (χ3n) is 4.18. The molecule has 1 N–H and O–H groups in total. The molecule has 1 aromatic heterocycles. The van der Waals surface area contributed by atoms with E-state index in [4.69, 9.17) is 33.3 Å². The van der Waals surface area contributed by atoms with Crippen molar-refractivity contribution in [2.45, 2.75) is 25.7 Å². The average Bonchev–Trinajstić information content (AvgIpc) is 2.83. The van der Waals surface area contributed by atoms with Crippen molar-refractivity contribution in [3.63, 3.8) is 0 Å². The molecule has 3 rings (SSSR count). The lowest BCUT2D eigenvalue weighted by atomic mass is 9.79. The predicted octanol–water partition coefficient (Wildman–Crippen LogP) is 4.32. The van der Waals surface area contributed by atoms with Crippen molar-refractivity contribution in [2.75, 3.05) is 0 Å². The van der Waals surface area contributed by atoms with Crippen LogP contribution >= 0.6 is 23.2 Å². The molecule has 2 heterocycles. The van der Waals surface area contributed by atoms with Crippen molar-refractivity contribution in [1.82, 2.24) is 9.78 Å². The van der Waals surface area contributed by atoms with Crippen molar-refractivity contribution in [3.8, 4) is 11.9 Å². The standard InChI is InChI=1S/C17H16Cl2N4O/c1-3-5-12-15-13(14-10(18)6-4-7-11(14)19)9(8-20)16(21)24-17(15)23(2)22-12/h4,6-7,9,13,21H,3,5H2,1-2H3. The molecule has 0 saturated carbocycles. The fourth-order valence-electron chi connectivity index (χ4n) is 3.17. The fraction of sp³-hybridized carbons (Fsp3) is 0.353. The molecule has 2 atom stereocenters. The number of nitrogens with one attached hydrogen (secondary N) is 1. The summed E-state index contributed by atoms with van der Waals surface area (Å²) in [5, 5.41) is 23.2. The second-order valence-corrected chi connectivity index (χ2v) is 6.54. The number of halogens is 2. The molecular formula is C17H16Cl2N4O. The molecule has 0 amide bonds. The molecular weight excluding hydrogens is 347 g/mol. The first kappa shape index (κ1) is 16.8. The SMILES string of the molecule is CCCc1nn(C)c2c1C(c1c(Cl)cccc1Cl)C(C#N)C(=N)O2. The normalized spacial score (nSPS) is 19.5. The molecule has 0 radical (unpaired) electrons. The number of nitrogens with zero attached hydrogens (tertiary/aromatic N) is 3. The molecule has 2 unspecified atom stereocenters. The molecule has 1 aliphatic rings. The summed E-state index contributed by atoms with van der Waals surface area (Å²) in [6.45, 7) is 2.06. The number of aromatic nitrogens is 2. The van der Waals surface area contributed by atoms with Crippen LogP contribution in [0, 0.1) is 22.7 Å². The van der Waals surface area contributed by atoms with E-state index in [9.17, 15) is 5.26 Å². The van der Waals surface area contributed by atoms with E-state index in [1.54, 1.807) is 29.9 Å². The van der Waals surface area contributed by atoms with Crippen molar-refractivity contribution in [2.24, 2.45) is 13.0 Å². The second-order valence-electron chi connectivity index (χ2n) is 5.73. The lowest BCUT2D eigenvalue weighted by molar-refractivity contribution is 0.413. The highest BCUT2D eigenvalue weighted by atomic mass is 35.5. The Morgan fingerprint density at radius 3 is 2.58 bits per heavy atom. The first-order valence-electron chi connectivity index (χ1n) is 7.65. The molecule has 0 saturated heterocycles. The van der Waals surface area contributed by atoms with Gasteiger partial charge in [0.2, 0.25) is 11.8 Å². The van der Waals surface area contributed by atoms with Gasteiger partial charge in [-0.3, -0.25) is 5.41 Å². The summed E-state index contributed by atoms with van der Waals surface area (Å²) in [6, 6.07) is 7.42.